The van der Waals surface area contributed by atoms with Crippen LogP contribution in [-0.2, 0) is 0 Å². The van der Waals surface area contributed by atoms with Gasteiger partial charge < -0.3 is 0 Å². The zero-order valence-corrected chi connectivity index (χ0v) is 13.5. The summed E-state index contributed by atoms with van der Waals surface area (Å²) in [6.07, 6.45) is 1.42. The molecule has 0 radical (unpaired) electrons. The van der Waals surface area contributed by atoms with E-state index >= 15 is 0 Å². The molecule has 2 aliphatic rings. The first-order chi connectivity index (χ1) is 10.3. The number of halogens is 2. The van der Waals surface area contributed by atoms with Crippen molar-refractivity contribution in [1.29, 1.82) is 0 Å². The van der Waals surface area contributed by atoms with Crippen molar-refractivity contribution in [2.75, 3.05) is 6.54 Å². The molecule has 0 bridgehead atoms. The van der Waals surface area contributed by atoms with Crippen LogP contribution in [0.4, 0.5) is 8.78 Å². The number of nitrogens with zero attached hydrogens (tertiary/aromatic N) is 2. The second kappa shape index (κ2) is 5.41. The first-order valence-corrected chi connectivity index (χ1v) is 8.02. The summed E-state index contributed by atoms with van der Waals surface area (Å²) in [5.41, 5.74) is 2.02. The lowest BCUT2D eigenvalue weighted by molar-refractivity contribution is -0.000791. The summed E-state index contributed by atoms with van der Waals surface area (Å²) >= 11 is 0. The second-order valence-corrected chi connectivity index (χ2v) is 7.32. The quantitative estimate of drug-likeness (QED) is 0.787. The Kier molecular flexibility index (Phi) is 3.84. The van der Waals surface area contributed by atoms with Crippen LogP contribution in [0.25, 0.3) is 0 Å². The maximum absolute atomic E-state index is 13.8. The molecule has 2 unspecified atom stereocenters. The number of hydrogen-bond acceptors (Lipinski definition) is 2. The van der Waals surface area contributed by atoms with E-state index in [1.807, 2.05) is 23.1 Å². The zero-order chi connectivity index (χ0) is 16.0. The number of aliphatic imine (C=N–C) groups is 1. The van der Waals surface area contributed by atoms with E-state index < -0.39 is 5.92 Å². The molecule has 2 fully saturated rings. The summed E-state index contributed by atoms with van der Waals surface area (Å²) in [6.45, 7) is 6.09. The van der Waals surface area contributed by atoms with Crippen LogP contribution in [-0.4, -0.2) is 34.7 Å². The van der Waals surface area contributed by atoms with Gasteiger partial charge >= 0.3 is 0 Å². The predicted octanol–water partition coefficient (Wildman–Crippen LogP) is 4.47. The van der Waals surface area contributed by atoms with Crippen molar-refractivity contribution in [2.24, 2.45) is 4.99 Å². The molecule has 4 heteroatoms. The van der Waals surface area contributed by atoms with E-state index in [0.717, 1.165) is 12.1 Å². The predicted molar refractivity (Wildman–Crippen MR) is 85.7 cm³/mol. The van der Waals surface area contributed by atoms with Gasteiger partial charge in [0.05, 0.1) is 12.6 Å². The van der Waals surface area contributed by atoms with Gasteiger partial charge in [-0.15, -0.1) is 0 Å². The van der Waals surface area contributed by atoms with Gasteiger partial charge in [-0.1, -0.05) is 30.3 Å². The number of hydrogen-bond donors (Lipinski definition) is 0. The van der Waals surface area contributed by atoms with Gasteiger partial charge in [-0.05, 0) is 26.3 Å². The summed E-state index contributed by atoms with van der Waals surface area (Å²) in [7, 11) is 0. The van der Waals surface area contributed by atoms with Crippen LogP contribution in [0.2, 0.25) is 0 Å². The van der Waals surface area contributed by atoms with Crippen LogP contribution in [0.1, 0.15) is 51.6 Å². The number of benzene rings is 1. The molecule has 0 amide bonds. The molecule has 0 saturated carbocycles. The van der Waals surface area contributed by atoms with Crippen molar-refractivity contribution >= 4 is 5.71 Å². The molecule has 2 heterocycles. The monoisotopic (exact) mass is 306 g/mol. The molecule has 2 saturated heterocycles. The highest BCUT2D eigenvalue weighted by atomic mass is 19.3. The third kappa shape index (κ3) is 3.07. The lowest BCUT2D eigenvalue weighted by Crippen LogP contribution is -2.53. The number of alkyl halides is 2. The van der Waals surface area contributed by atoms with Crippen LogP contribution in [0.15, 0.2) is 35.3 Å². The number of fused-ring (bicyclic) bond motifs is 1. The smallest absolute Gasteiger partial charge is 0.262 e. The fraction of sp³-hybridized carbons (Fsp3) is 0.611. The summed E-state index contributed by atoms with van der Waals surface area (Å²) in [4.78, 5) is 6.84. The fourth-order valence-corrected chi connectivity index (χ4v) is 3.91. The van der Waals surface area contributed by atoms with E-state index in [-0.39, 0.29) is 30.6 Å². The molecule has 0 spiro atoms. The normalized spacial score (nSPS) is 30.2. The van der Waals surface area contributed by atoms with Gasteiger partial charge in [-0.3, -0.25) is 9.89 Å². The van der Waals surface area contributed by atoms with Crippen LogP contribution < -0.4 is 0 Å². The van der Waals surface area contributed by atoms with Crippen LogP contribution in [0, 0.1) is 0 Å². The highest BCUT2D eigenvalue weighted by Crippen LogP contribution is 2.43. The Hall–Kier alpha value is -1.29. The minimum atomic E-state index is -2.55. The number of piperidine rings is 1. The first kappa shape index (κ1) is 15.6. The van der Waals surface area contributed by atoms with Crippen LogP contribution >= 0.6 is 0 Å². The second-order valence-electron chi connectivity index (χ2n) is 7.32. The van der Waals surface area contributed by atoms with E-state index in [1.54, 1.807) is 0 Å². The minimum Gasteiger partial charge on any atom is -0.288 e. The lowest BCUT2D eigenvalue weighted by atomic mass is 9.85. The average Bonchev–Trinajstić information content (AvgIpc) is 2.74. The maximum atomic E-state index is 13.8. The Labute approximate surface area is 131 Å². The van der Waals surface area contributed by atoms with Crippen molar-refractivity contribution in [3.8, 4) is 0 Å². The van der Waals surface area contributed by atoms with Gasteiger partial charge in [-0.25, -0.2) is 8.78 Å². The lowest BCUT2D eigenvalue weighted by Gasteiger charge is -2.44. The molecule has 2 aliphatic heterocycles. The molecule has 0 aliphatic carbocycles. The van der Waals surface area contributed by atoms with Crippen LogP contribution in [0.3, 0.4) is 0 Å². The van der Waals surface area contributed by atoms with Crippen LogP contribution in [0.5, 0.6) is 0 Å². The Morgan fingerprint density at radius 3 is 2.59 bits per heavy atom. The SMILES string of the molecule is CC(N=C1CC2CC(F)(F)CN2C(C)(C)C1)c1ccccc1. The number of rotatable bonds is 2. The van der Waals surface area contributed by atoms with Gasteiger partial charge in [0.15, 0.2) is 0 Å². The summed E-state index contributed by atoms with van der Waals surface area (Å²) in [6, 6.07) is 10.2. The van der Waals surface area contributed by atoms with E-state index in [9.17, 15) is 8.78 Å². The topological polar surface area (TPSA) is 15.6 Å². The Morgan fingerprint density at radius 1 is 1.23 bits per heavy atom. The molecule has 1 aromatic carbocycles. The first-order valence-electron chi connectivity index (χ1n) is 8.02. The Bertz CT molecular complexity index is 566. The zero-order valence-electron chi connectivity index (χ0n) is 13.5. The van der Waals surface area contributed by atoms with Gasteiger partial charge in [-0.2, -0.15) is 0 Å². The molecule has 1 aromatic rings. The third-order valence-electron chi connectivity index (χ3n) is 4.92. The molecule has 2 nitrogen and oxygen atoms in total. The molecule has 0 N–H and O–H groups in total. The maximum Gasteiger partial charge on any atom is 0.262 e. The largest absolute Gasteiger partial charge is 0.288 e. The van der Waals surface area contributed by atoms with Crippen molar-refractivity contribution < 1.29 is 8.78 Å². The van der Waals surface area contributed by atoms with Gasteiger partial charge in [0, 0.05) is 36.6 Å². The average molecular weight is 306 g/mol. The standard InChI is InChI=1S/C18H24F2N2/c1-13(14-7-5-4-6-8-14)21-15-9-16-11-18(19,20)12-22(16)17(2,3)10-15/h4-8,13,16H,9-12H2,1-3H3. The fourth-order valence-electron chi connectivity index (χ4n) is 3.91. The van der Waals surface area contributed by atoms with Crippen molar-refractivity contribution in [2.45, 2.75) is 63.6 Å². The van der Waals surface area contributed by atoms with E-state index in [4.69, 9.17) is 4.99 Å². The summed E-state index contributed by atoms with van der Waals surface area (Å²) < 4.78 is 27.5. The summed E-state index contributed by atoms with van der Waals surface area (Å²) in [5.74, 6) is -2.55. The Balaban J connectivity index is 1.80. The molecular weight excluding hydrogens is 282 g/mol. The highest BCUT2D eigenvalue weighted by Gasteiger charge is 2.52. The summed E-state index contributed by atoms with van der Waals surface area (Å²) in [5, 5.41) is 0. The molecule has 3 rings (SSSR count). The van der Waals surface area contributed by atoms with Gasteiger partial charge in [0.25, 0.3) is 5.92 Å². The molecule has 2 atom stereocenters. The van der Waals surface area contributed by atoms with Gasteiger partial charge in [0.2, 0.25) is 0 Å². The van der Waals surface area contributed by atoms with Crippen molar-refractivity contribution in [3.63, 3.8) is 0 Å². The minimum absolute atomic E-state index is 0.0326. The van der Waals surface area contributed by atoms with Crippen molar-refractivity contribution in [3.05, 3.63) is 35.9 Å². The molecule has 120 valence electrons. The van der Waals surface area contributed by atoms with E-state index in [0.29, 0.717) is 6.42 Å². The van der Waals surface area contributed by atoms with Gasteiger partial charge in [0.1, 0.15) is 0 Å². The molecule has 22 heavy (non-hydrogen) atoms. The van der Waals surface area contributed by atoms with E-state index in [1.165, 1.54) is 5.56 Å². The van der Waals surface area contributed by atoms with Crippen molar-refractivity contribution in [1.82, 2.24) is 4.90 Å². The van der Waals surface area contributed by atoms with E-state index in [2.05, 4.69) is 32.9 Å². The third-order valence-corrected chi connectivity index (χ3v) is 4.92. The highest BCUT2D eigenvalue weighted by molar-refractivity contribution is 5.87. The molecule has 0 aromatic heterocycles. The Morgan fingerprint density at radius 2 is 1.91 bits per heavy atom. The molecular formula is C18H24F2N2.